The molecule has 0 bridgehead atoms. The van der Waals surface area contributed by atoms with E-state index in [4.69, 9.17) is 16.3 Å². The Morgan fingerprint density at radius 3 is 2.61 bits per heavy atom. The van der Waals surface area contributed by atoms with E-state index in [0.717, 1.165) is 33.0 Å². The highest BCUT2D eigenvalue weighted by Crippen LogP contribution is 2.24. The van der Waals surface area contributed by atoms with Crippen molar-refractivity contribution in [2.24, 2.45) is 0 Å². The molecule has 1 nitrogen and oxygen atoms in total. The van der Waals surface area contributed by atoms with Crippen LogP contribution < -0.4 is 10.0 Å². The van der Waals surface area contributed by atoms with Crippen molar-refractivity contribution in [3.05, 3.63) is 52.5 Å². The topological polar surface area (TPSA) is 9.23 Å². The molecule has 2 aromatic carbocycles. The van der Waals surface area contributed by atoms with Gasteiger partial charge in [-0.3, -0.25) is 0 Å². The van der Waals surface area contributed by atoms with Gasteiger partial charge < -0.3 is 4.74 Å². The lowest BCUT2D eigenvalue weighted by molar-refractivity contribution is 0.413. The second-order valence-corrected chi connectivity index (χ2v) is 5.55. The number of methoxy groups -OCH3 is 1. The Morgan fingerprint density at radius 2 is 1.94 bits per heavy atom. The highest BCUT2D eigenvalue weighted by Gasteiger charge is 2.05. The van der Waals surface area contributed by atoms with E-state index in [0.29, 0.717) is 0 Å². The summed E-state index contributed by atoms with van der Waals surface area (Å²) < 4.78 is 5.17. The number of hydrogen-bond acceptors (Lipinski definition) is 2. The molecule has 0 fully saturated rings. The molecule has 2 rings (SSSR count). The SMILES string of the molecule is COc1ccc(Cc2cc(Cl)ccc2P)c(S)c1. The van der Waals surface area contributed by atoms with Gasteiger partial charge in [-0.1, -0.05) is 23.7 Å². The monoisotopic (exact) mass is 296 g/mol. The quantitative estimate of drug-likeness (QED) is 0.671. The summed E-state index contributed by atoms with van der Waals surface area (Å²) in [6.45, 7) is 0. The fourth-order valence-electron chi connectivity index (χ4n) is 1.75. The van der Waals surface area contributed by atoms with Crippen LogP contribution in [0.5, 0.6) is 5.75 Å². The van der Waals surface area contributed by atoms with Crippen LogP contribution in [0.1, 0.15) is 11.1 Å². The second kappa shape index (κ2) is 5.97. The molecule has 0 saturated heterocycles. The van der Waals surface area contributed by atoms with Crippen LogP contribution in [0.3, 0.4) is 0 Å². The summed E-state index contributed by atoms with van der Waals surface area (Å²) in [4.78, 5) is 0.929. The van der Waals surface area contributed by atoms with Crippen molar-refractivity contribution >= 4 is 38.8 Å². The molecule has 0 aliphatic rings. The van der Waals surface area contributed by atoms with Gasteiger partial charge in [0.05, 0.1) is 7.11 Å². The highest BCUT2D eigenvalue weighted by atomic mass is 35.5. The van der Waals surface area contributed by atoms with E-state index in [1.165, 1.54) is 5.56 Å². The molecule has 94 valence electrons. The normalized spacial score (nSPS) is 10.4. The first-order valence-corrected chi connectivity index (χ1v) is 6.90. The zero-order valence-corrected chi connectivity index (χ0v) is 12.8. The van der Waals surface area contributed by atoms with Crippen molar-refractivity contribution in [1.82, 2.24) is 0 Å². The highest BCUT2D eigenvalue weighted by molar-refractivity contribution is 7.80. The molecule has 4 heteroatoms. The van der Waals surface area contributed by atoms with E-state index in [2.05, 4.69) is 21.9 Å². The predicted octanol–water partition coefficient (Wildman–Crippen LogP) is 3.73. The lowest BCUT2D eigenvalue weighted by atomic mass is 10.0. The molecule has 0 heterocycles. The van der Waals surface area contributed by atoms with Crippen molar-refractivity contribution < 1.29 is 4.74 Å². The van der Waals surface area contributed by atoms with Gasteiger partial charge >= 0.3 is 0 Å². The zero-order chi connectivity index (χ0) is 13.1. The van der Waals surface area contributed by atoms with E-state index in [9.17, 15) is 0 Å². The molecular weight excluding hydrogens is 283 g/mol. The third-order valence-electron chi connectivity index (χ3n) is 2.78. The summed E-state index contributed by atoms with van der Waals surface area (Å²) in [6.07, 6.45) is 0.808. The molecule has 18 heavy (non-hydrogen) atoms. The first-order chi connectivity index (χ1) is 8.60. The van der Waals surface area contributed by atoms with Crippen molar-refractivity contribution in [3.63, 3.8) is 0 Å². The first-order valence-electron chi connectivity index (χ1n) is 5.50. The molecule has 1 unspecified atom stereocenters. The van der Waals surface area contributed by atoms with Gasteiger partial charge in [-0.05, 0) is 47.1 Å². The Kier molecular flexibility index (Phi) is 4.55. The number of halogens is 1. The lowest BCUT2D eigenvalue weighted by Gasteiger charge is -2.10. The fraction of sp³-hybridized carbons (Fsp3) is 0.143. The minimum absolute atomic E-state index is 0.755. The number of ether oxygens (including phenoxy) is 1. The van der Waals surface area contributed by atoms with Crippen LogP contribution in [0.25, 0.3) is 0 Å². The van der Waals surface area contributed by atoms with Crippen molar-refractivity contribution in [3.8, 4) is 5.75 Å². The van der Waals surface area contributed by atoms with Crippen LogP contribution in [0, 0.1) is 0 Å². The van der Waals surface area contributed by atoms with Crippen LogP contribution in [0.15, 0.2) is 41.3 Å². The summed E-state index contributed by atoms with van der Waals surface area (Å²) >= 11 is 10.5. The lowest BCUT2D eigenvalue weighted by Crippen LogP contribution is -2.02. The molecule has 0 spiro atoms. The Morgan fingerprint density at radius 1 is 1.17 bits per heavy atom. The summed E-state index contributed by atoms with van der Waals surface area (Å²) in [6, 6.07) is 11.8. The molecule has 0 saturated carbocycles. The Bertz CT molecular complexity index is 572. The average Bonchev–Trinajstić information content (AvgIpc) is 2.36. The Balaban J connectivity index is 2.31. The average molecular weight is 297 g/mol. The molecular formula is C14H14ClOPS. The maximum atomic E-state index is 6.02. The Labute approximate surface area is 120 Å². The molecule has 0 amide bonds. The second-order valence-electron chi connectivity index (χ2n) is 4.01. The number of rotatable bonds is 3. The third-order valence-corrected chi connectivity index (χ3v) is 3.99. The van der Waals surface area contributed by atoms with Crippen LogP contribution >= 0.6 is 33.5 Å². The minimum Gasteiger partial charge on any atom is -0.497 e. The Hall–Kier alpha value is -0.690. The van der Waals surface area contributed by atoms with Crippen molar-refractivity contribution in [1.29, 1.82) is 0 Å². The van der Waals surface area contributed by atoms with E-state index < -0.39 is 0 Å². The summed E-state index contributed by atoms with van der Waals surface area (Å²) in [5.41, 5.74) is 2.35. The van der Waals surface area contributed by atoms with Crippen LogP contribution in [0.4, 0.5) is 0 Å². The summed E-state index contributed by atoms with van der Waals surface area (Å²) in [5, 5.41) is 1.91. The zero-order valence-electron chi connectivity index (χ0n) is 9.98. The van der Waals surface area contributed by atoms with Gasteiger partial charge in [0.1, 0.15) is 5.75 Å². The molecule has 2 aromatic rings. The fourth-order valence-corrected chi connectivity index (χ4v) is 2.51. The standard InChI is InChI=1S/C14H14ClOPS/c1-16-12-4-2-9(14(18)8-12)6-10-7-11(15)3-5-13(10)17/h2-5,7-8,18H,6,17H2,1H3. The number of hydrogen-bond donors (Lipinski definition) is 1. The summed E-state index contributed by atoms with van der Waals surface area (Å²) in [5.74, 6) is 0.820. The molecule has 0 aliphatic heterocycles. The molecule has 0 N–H and O–H groups in total. The molecule has 0 aliphatic carbocycles. The number of benzene rings is 2. The van der Waals surface area contributed by atoms with E-state index in [1.807, 2.05) is 36.4 Å². The van der Waals surface area contributed by atoms with E-state index in [1.54, 1.807) is 7.11 Å². The maximum absolute atomic E-state index is 6.02. The first kappa shape index (κ1) is 13.7. The van der Waals surface area contributed by atoms with Crippen LogP contribution in [-0.4, -0.2) is 7.11 Å². The smallest absolute Gasteiger partial charge is 0.119 e. The summed E-state index contributed by atoms with van der Waals surface area (Å²) in [7, 11) is 4.38. The predicted molar refractivity (Wildman–Crippen MR) is 83.8 cm³/mol. The minimum atomic E-state index is 0.755. The maximum Gasteiger partial charge on any atom is 0.119 e. The van der Waals surface area contributed by atoms with Gasteiger partial charge in [0.2, 0.25) is 0 Å². The van der Waals surface area contributed by atoms with Gasteiger partial charge in [-0.25, -0.2) is 0 Å². The molecule has 0 radical (unpaired) electrons. The van der Waals surface area contributed by atoms with Gasteiger partial charge in [-0.2, -0.15) is 0 Å². The van der Waals surface area contributed by atoms with Gasteiger partial charge in [0, 0.05) is 9.92 Å². The van der Waals surface area contributed by atoms with Gasteiger partial charge in [-0.15, -0.1) is 21.9 Å². The molecule has 0 aromatic heterocycles. The van der Waals surface area contributed by atoms with Gasteiger partial charge in [0.25, 0.3) is 0 Å². The van der Waals surface area contributed by atoms with E-state index >= 15 is 0 Å². The van der Waals surface area contributed by atoms with E-state index in [-0.39, 0.29) is 0 Å². The molecule has 1 atom stereocenters. The number of thiol groups is 1. The third kappa shape index (κ3) is 3.20. The largest absolute Gasteiger partial charge is 0.497 e. The van der Waals surface area contributed by atoms with Crippen molar-refractivity contribution in [2.75, 3.05) is 7.11 Å². The van der Waals surface area contributed by atoms with Crippen molar-refractivity contribution in [2.45, 2.75) is 11.3 Å². The van der Waals surface area contributed by atoms with Crippen LogP contribution in [-0.2, 0) is 6.42 Å². The van der Waals surface area contributed by atoms with Crippen LogP contribution in [0.2, 0.25) is 5.02 Å². The van der Waals surface area contributed by atoms with Gasteiger partial charge in [0.15, 0.2) is 0 Å².